The molecule has 0 saturated heterocycles. The molecule has 0 heterocycles. The number of carbonyl (C=O) groups excluding carboxylic acids is 1. The van der Waals surface area contributed by atoms with Crippen molar-refractivity contribution in [1.29, 1.82) is 0 Å². The lowest BCUT2D eigenvalue weighted by molar-refractivity contribution is -0.138. The van der Waals surface area contributed by atoms with Crippen LogP contribution in [0.1, 0.15) is 36.8 Å². The summed E-state index contributed by atoms with van der Waals surface area (Å²) in [6.07, 6.45) is -7.33. The Labute approximate surface area is 203 Å². The Morgan fingerprint density at radius 2 is 1.25 bits per heavy atom. The number of hydrogen-bond donors (Lipinski definition) is 3. The Bertz CT molecular complexity index is 972. The molecule has 36 heavy (non-hydrogen) atoms. The van der Waals surface area contributed by atoms with Crippen LogP contribution in [0.5, 0.6) is 11.5 Å². The van der Waals surface area contributed by atoms with Crippen LogP contribution in [0.15, 0.2) is 48.5 Å². The van der Waals surface area contributed by atoms with E-state index in [-0.39, 0.29) is 36.8 Å². The van der Waals surface area contributed by atoms with Gasteiger partial charge in [0.15, 0.2) is 6.61 Å². The molecule has 6 nitrogen and oxygen atoms in total. The number of amides is 1. The van der Waals surface area contributed by atoms with E-state index in [1.165, 1.54) is 12.1 Å². The lowest BCUT2D eigenvalue weighted by atomic mass is 9.91. The molecule has 1 unspecified atom stereocenters. The highest BCUT2D eigenvalue weighted by Gasteiger charge is 2.31. The SMILES string of the molecule is O=C(COc1ccc(C(F)(F)F)cc1)NC1CCC(NC(O)COc2ccc(C(F)(F)F)cc2)CC1. The van der Waals surface area contributed by atoms with Crippen molar-refractivity contribution in [2.75, 3.05) is 13.2 Å². The minimum Gasteiger partial charge on any atom is -0.489 e. The maximum Gasteiger partial charge on any atom is 0.416 e. The van der Waals surface area contributed by atoms with E-state index in [2.05, 4.69) is 10.6 Å². The second kappa shape index (κ2) is 11.8. The fourth-order valence-electron chi connectivity index (χ4n) is 3.80. The standard InChI is InChI=1S/C24H26F6N2O4/c25-23(26,27)15-1-9-19(10-2-15)35-13-21(33)31-17-5-7-18(8-6-17)32-22(34)14-36-20-11-3-16(4-12-20)24(28,29)30/h1-4,9-12,17-18,21,31,33H,5-8,13-14H2,(H,32,34). The molecule has 3 N–H and O–H groups in total. The maximum absolute atomic E-state index is 12.6. The third kappa shape index (κ3) is 8.59. The van der Waals surface area contributed by atoms with Crippen molar-refractivity contribution < 1.29 is 45.7 Å². The Hall–Kier alpha value is -2.99. The molecule has 0 aliphatic heterocycles. The first-order chi connectivity index (χ1) is 16.9. The Balaban J connectivity index is 1.32. The summed E-state index contributed by atoms with van der Waals surface area (Å²) in [5, 5.41) is 15.9. The third-order valence-corrected chi connectivity index (χ3v) is 5.66. The summed E-state index contributed by atoms with van der Waals surface area (Å²) in [6.45, 7) is -0.479. The average Bonchev–Trinajstić information content (AvgIpc) is 2.82. The molecule has 0 spiro atoms. The van der Waals surface area contributed by atoms with Gasteiger partial charge in [0.25, 0.3) is 5.91 Å². The fraction of sp³-hybridized carbons (Fsp3) is 0.458. The molecule has 2 aromatic rings. The van der Waals surface area contributed by atoms with Gasteiger partial charge >= 0.3 is 12.4 Å². The van der Waals surface area contributed by atoms with E-state index < -0.39 is 35.6 Å². The van der Waals surface area contributed by atoms with Crippen LogP contribution in [0.3, 0.4) is 0 Å². The quantitative estimate of drug-likeness (QED) is 0.335. The van der Waals surface area contributed by atoms with Gasteiger partial charge in [-0.1, -0.05) is 0 Å². The lowest BCUT2D eigenvalue weighted by Crippen LogP contribution is -2.47. The first kappa shape index (κ1) is 27.6. The Morgan fingerprint density at radius 1 is 0.806 bits per heavy atom. The van der Waals surface area contributed by atoms with Gasteiger partial charge in [0.05, 0.1) is 11.1 Å². The average molecular weight is 520 g/mol. The highest BCUT2D eigenvalue weighted by Crippen LogP contribution is 2.31. The lowest BCUT2D eigenvalue weighted by Gasteiger charge is -2.31. The van der Waals surface area contributed by atoms with E-state index >= 15 is 0 Å². The van der Waals surface area contributed by atoms with Gasteiger partial charge in [0.1, 0.15) is 24.3 Å². The smallest absolute Gasteiger partial charge is 0.416 e. The van der Waals surface area contributed by atoms with Gasteiger partial charge < -0.3 is 19.9 Å². The molecule has 1 aliphatic rings. The van der Waals surface area contributed by atoms with Gasteiger partial charge in [0.2, 0.25) is 0 Å². The van der Waals surface area contributed by atoms with E-state index in [4.69, 9.17) is 9.47 Å². The molecule has 1 aliphatic carbocycles. The second-order valence-corrected chi connectivity index (χ2v) is 8.44. The summed E-state index contributed by atoms with van der Waals surface area (Å²) in [5.74, 6) is -0.0383. The van der Waals surface area contributed by atoms with Crippen molar-refractivity contribution in [2.24, 2.45) is 0 Å². The third-order valence-electron chi connectivity index (χ3n) is 5.66. The van der Waals surface area contributed by atoms with Crippen LogP contribution in [-0.2, 0) is 17.1 Å². The number of alkyl halides is 6. The monoisotopic (exact) mass is 520 g/mol. The van der Waals surface area contributed by atoms with Crippen molar-refractivity contribution in [3.63, 3.8) is 0 Å². The zero-order valence-corrected chi connectivity index (χ0v) is 19.0. The van der Waals surface area contributed by atoms with Crippen LogP contribution in [0.2, 0.25) is 0 Å². The van der Waals surface area contributed by atoms with Crippen molar-refractivity contribution in [2.45, 2.75) is 56.3 Å². The molecule has 2 aromatic carbocycles. The van der Waals surface area contributed by atoms with Gasteiger partial charge in [-0.3, -0.25) is 10.1 Å². The minimum absolute atomic E-state index is 0.0345. The first-order valence-electron chi connectivity index (χ1n) is 11.2. The van der Waals surface area contributed by atoms with Gasteiger partial charge in [0, 0.05) is 12.1 Å². The van der Waals surface area contributed by atoms with Crippen LogP contribution in [0, 0.1) is 0 Å². The van der Waals surface area contributed by atoms with E-state index in [9.17, 15) is 36.2 Å². The van der Waals surface area contributed by atoms with Crippen molar-refractivity contribution >= 4 is 5.91 Å². The van der Waals surface area contributed by atoms with E-state index in [1.807, 2.05) is 0 Å². The fourth-order valence-corrected chi connectivity index (χ4v) is 3.80. The van der Waals surface area contributed by atoms with Crippen LogP contribution >= 0.6 is 0 Å². The zero-order chi connectivity index (χ0) is 26.3. The number of carbonyl (C=O) groups is 1. The van der Waals surface area contributed by atoms with Gasteiger partial charge in [-0.25, -0.2) is 0 Å². The van der Waals surface area contributed by atoms with Crippen LogP contribution in [0.25, 0.3) is 0 Å². The van der Waals surface area contributed by atoms with Crippen LogP contribution < -0.4 is 20.1 Å². The van der Waals surface area contributed by atoms with Crippen molar-refractivity contribution in [3.8, 4) is 11.5 Å². The maximum atomic E-state index is 12.6. The normalized spacial score (nSPS) is 19.4. The van der Waals surface area contributed by atoms with E-state index in [1.54, 1.807) is 0 Å². The molecule has 1 saturated carbocycles. The molecule has 12 heteroatoms. The summed E-state index contributed by atoms with van der Waals surface area (Å²) in [6, 6.07) is 8.10. The predicted octanol–water partition coefficient (Wildman–Crippen LogP) is 4.52. The predicted molar refractivity (Wildman–Crippen MR) is 117 cm³/mol. The number of nitrogens with one attached hydrogen (secondary N) is 2. The van der Waals surface area contributed by atoms with Crippen LogP contribution in [0.4, 0.5) is 26.3 Å². The summed E-state index contributed by atoms with van der Waals surface area (Å²) >= 11 is 0. The highest BCUT2D eigenvalue weighted by atomic mass is 19.4. The Morgan fingerprint density at radius 3 is 1.72 bits per heavy atom. The molecular formula is C24H26F6N2O4. The first-order valence-corrected chi connectivity index (χ1v) is 11.2. The Kier molecular flexibility index (Phi) is 9.07. The van der Waals surface area contributed by atoms with Gasteiger partial charge in [-0.05, 0) is 74.2 Å². The highest BCUT2D eigenvalue weighted by molar-refractivity contribution is 5.77. The molecule has 0 radical (unpaired) electrons. The number of rotatable bonds is 9. The summed E-state index contributed by atoms with van der Waals surface area (Å²) < 4.78 is 86.1. The molecular weight excluding hydrogens is 494 g/mol. The largest absolute Gasteiger partial charge is 0.489 e. The number of hydrogen-bond acceptors (Lipinski definition) is 5. The van der Waals surface area contributed by atoms with Gasteiger partial charge in [-0.2, -0.15) is 26.3 Å². The van der Waals surface area contributed by atoms with Crippen molar-refractivity contribution in [1.82, 2.24) is 10.6 Å². The number of benzene rings is 2. The minimum atomic E-state index is -4.45. The molecule has 198 valence electrons. The summed E-state index contributed by atoms with van der Waals surface area (Å²) in [4.78, 5) is 12.1. The van der Waals surface area contributed by atoms with Gasteiger partial charge in [-0.15, -0.1) is 0 Å². The van der Waals surface area contributed by atoms with Crippen LogP contribution in [-0.4, -0.2) is 42.5 Å². The zero-order valence-electron chi connectivity index (χ0n) is 19.0. The number of ether oxygens (including phenoxy) is 2. The molecule has 0 aromatic heterocycles. The molecule has 1 amide bonds. The van der Waals surface area contributed by atoms with E-state index in [0.717, 1.165) is 36.4 Å². The number of halogens is 6. The molecule has 3 rings (SSSR count). The number of aliphatic hydroxyl groups is 1. The molecule has 0 bridgehead atoms. The van der Waals surface area contributed by atoms with Crippen molar-refractivity contribution in [3.05, 3.63) is 59.7 Å². The second-order valence-electron chi connectivity index (χ2n) is 8.44. The molecule has 1 atom stereocenters. The molecule has 1 fully saturated rings. The summed E-state index contributed by atoms with van der Waals surface area (Å²) in [5.41, 5.74) is -1.59. The topological polar surface area (TPSA) is 79.8 Å². The van der Waals surface area contributed by atoms with E-state index in [0.29, 0.717) is 25.7 Å². The summed E-state index contributed by atoms with van der Waals surface area (Å²) in [7, 11) is 0. The number of aliphatic hydroxyl groups excluding tert-OH is 1.